The molecule has 1 N–H and O–H groups in total. The Morgan fingerprint density at radius 3 is 2.52 bits per heavy atom. The van der Waals surface area contributed by atoms with Crippen LogP contribution in [0.1, 0.15) is 18.0 Å². The summed E-state index contributed by atoms with van der Waals surface area (Å²) in [4.78, 5) is 24.2. The van der Waals surface area contributed by atoms with Crippen LogP contribution in [0.15, 0.2) is 35.3 Å². The number of pyridine rings is 1. The van der Waals surface area contributed by atoms with Crippen molar-refractivity contribution in [2.24, 2.45) is 0 Å². The first-order chi connectivity index (χ1) is 13.0. The zero-order valence-electron chi connectivity index (χ0n) is 15.3. The van der Waals surface area contributed by atoms with Crippen molar-refractivity contribution < 1.29 is 24.1 Å². The molecule has 0 aliphatic rings. The van der Waals surface area contributed by atoms with Crippen LogP contribution in [0.4, 0.5) is 0 Å². The molecule has 0 fully saturated rings. The third-order valence-electron chi connectivity index (χ3n) is 4.12. The van der Waals surface area contributed by atoms with Crippen molar-refractivity contribution in [1.82, 2.24) is 4.57 Å². The second-order valence-corrected chi connectivity index (χ2v) is 5.66. The lowest BCUT2D eigenvalue weighted by molar-refractivity contribution is -0.141. The fraction of sp³-hybridized carbons (Fsp3) is 0.316. The van der Waals surface area contributed by atoms with E-state index in [2.05, 4.69) is 6.07 Å². The van der Waals surface area contributed by atoms with Gasteiger partial charge in [0.15, 0.2) is 0 Å². The minimum absolute atomic E-state index is 0.122. The lowest BCUT2D eigenvalue weighted by Crippen LogP contribution is -2.30. The number of rotatable bonds is 8. The summed E-state index contributed by atoms with van der Waals surface area (Å²) in [6.45, 7) is 0.182. The van der Waals surface area contributed by atoms with Gasteiger partial charge in [-0.2, -0.15) is 5.26 Å². The molecule has 0 saturated heterocycles. The number of methoxy groups -OCH3 is 3. The third-order valence-corrected chi connectivity index (χ3v) is 4.12. The Hall–Kier alpha value is -3.31. The van der Waals surface area contributed by atoms with E-state index in [1.165, 1.54) is 33.6 Å². The van der Waals surface area contributed by atoms with Gasteiger partial charge in [0.25, 0.3) is 5.56 Å². The van der Waals surface area contributed by atoms with Gasteiger partial charge >= 0.3 is 5.97 Å². The van der Waals surface area contributed by atoms with E-state index in [-0.39, 0.29) is 18.8 Å². The van der Waals surface area contributed by atoms with Crippen LogP contribution < -0.4 is 15.0 Å². The zero-order valence-corrected chi connectivity index (χ0v) is 15.3. The van der Waals surface area contributed by atoms with E-state index >= 15 is 0 Å². The van der Waals surface area contributed by atoms with E-state index in [0.717, 1.165) is 4.57 Å². The monoisotopic (exact) mass is 372 g/mol. The normalized spacial score (nSPS) is 11.5. The molecule has 1 unspecified atom stereocenters. The summed E-state index contributed by atoms with van der Waals surface area (Å²) in [6, 6.07) is 7.08. The van der Waals surface area contributed by atoms with Crippen LogP contribution in [-0.2, 0) is 9.53 Å². The summed E-state index contributed by atoms with van der Waals surface area (Å²) in [5.41, 5.74) is 0.647. The molecule has 2 aromatic rings. The number of benzene rings is 1. The van der Waals surface area contributed by atoms with Crippen molar-refractivity contribution in [3.63, 3.8) is 0 Å². The van der Waals surface area contributed by atoms with Crippen LogP contribution in [0.2, 0.25) is 0 Å². The Morgan fingerprint density at radius 2 is 1.96 bits per heavy atom. The molecule has 8 nitrogen and oxygen atoms in total. The van der Waals surface area contributed by atoms with E-state index in [0.29, 0.717) is 22.4 Å². The molecular weight excluding hydrogens is 352 g/mol. The van der Waals surface area contributed by atoms with Crippen molar-refractivity contribution in [2.45, 2.75) is 12.5 Å². The van der Waals surface area contributed by atoms with Crippen molar-refractivity contribution >= 4 is 5.97 Å². The van der Waals surface area contributed by atoms with Gasteiger partial charge < -0.3 is 19.3 Å². The Kier molecular flexibility index (Phi) is 6.57. The molecule has 8 heteroatoms. The molecule has 0 aliphatic carbocycles. The Balaban J connectivity index is 2.65. The highest BCUT2D eigenvalue weighted by atomic mass is 16.5. The first-order valence-electron chi connectivity index (χ1n) is 8.07. The molecule has 0 spiro atoms. The lowest BCUT2D eigenvalue weighted by Gasteiger charge is -2.18. The first-order valence-corrected chi connectivity index (χ1v) is 8.07. The van der Waals surface area contributed by atoms with Crippen molar-refractivity contribution in [2.75, 3.05) is 27.9 Å². The maximum Gasteiger partial charge on any atom is 0.326 e. The SMILES string of the molecule is COCCC(C(=O)O)n1cc(OC)c(-c2cc(OC)ccc2C#N)cc1=O. The van der Waals surface area contributed by atoms with E-state index in [1.807, 2.05) is 0 Å². The van der Waals surface area contributed by atoms with E-state index in [4.69, 9.17) is 14.2 Å². The molecule has 27 heavy (non-hydrogen) atoms. The largest absolute Gasteiger partial charge is 0.497 e. The summed E-state index contributed by atoms with van der Waals surface area (Å²) in [7, 11) is 4.36. The van der Waals surface area contributed by atoms with Crippen LogP contribution in [0.5, 0.6) is 11.5 Å². The molecule has 1 aromatic carbocycles. The Labute approximate surface area is 156 Å². The van der Waals surface area contributed by atoms with E-state index < -0.39 is 17.6 Å². The molecule has 0 aliphatic heterocycles. The van der Waals surface area contributed by atoms with Crippen LogP contribution in [0.3, 0.4) is 0 Å². The zero-order chi connectivity index (χ0) is 20.0. The molecule has 1 aromatic heterocycles. The quantitative estimate of drug-likeness (QED) is 0.755. The Morgan fingerprint density at radius 1 is 1.22 bits per heavy atom. The standard InChI is InChI=1S/C19H20N2O6/c1-25-7-6-16(19(23)24)21-11-17(27-3)15(9-18(21)22)14-8-13(26-2)5-4-12(14)10-20/h4-5,8-9,11,16H,6-7H2,1-3H3,(H,23,24). The second kappa shape index (κ2) is 8.87. The number of carboxylic acids is 1. The minimum Gasteiger partial charge on any atom is -0.497 e. The fourth-order valence-corrected chi connectivity index (χ4v) is 2.73. The van der Waals surface area contributed by atoms with Gasteiger partial charge in [0.1, 0.15) is 17.5 Å². The minimum atomic E-state index is -1.15. The van der Waals surface area contributed by atoms with E-state index in [9.17, 15) is 20.0 Å². The molecule has 1 heterocycles. The molecule has 0 amide bonds. The maximum absolute atomic E-state index is 12.6. The number of aliphatic carboxylic acids is 1. The summed E-state index contributed by atoms with van der Waals surface area (Å²) in [6.07, 6.45) is 1.46. The van der Waals surface area contributed by atoms with Crippen LogP contribution in [-0.4, -0.2) is 43.6 Å². The van der Waals surface area contributed by atoms with Gasteiger partial charge in [-0.1, -0.05) is 0 Å². The topological polar surface area (TPSA) is 111 Å². The highest BCUT2D eigenvalue weighted by Gasteiger charge is 2.23. The highest BCUT2D eigenvalue weighted by Crippen LogP contribution is 2.34. The average molecular weight is 372 g/mol. The number of hydrogen-bond donors (Lipinski definition) is 1. The average Bonchev–Trinajstić information content (AvgIpc) is 2.68. The van der Waals surface area contributed by atoms with E-state index in [1.54, 1.807) is 18.2 Å². The molecule has 0 bridgehead atoms. The second-order valence-electron chi connectivity index (χ2n) is 5.66. The van der Waals surface area contributed by atoms with Crippen LogP contribution in [0, 0.1) is 11.3 Å². The summed E-state index contributed by atoms with van der Waals surface area (Å²) in [5, 5.41) is 18.8. The number of hydrogen-bond acceptors (Lipinski definition) is 6. The van der Waals surface area contributed by atoms with Gasteiger partial charge in [-0.25, -0.2) is 4.79 Å². The summed E-state index contributed by atoms with van der Waals surface area (Å²) < 4.78 is 16.6. The number of aromatic nitrogens is 1. The van der Waals surface area contributed by atoms with Gasteiger partial charge in [-0.3, -0.25) is 9.36 Å². The molecule has 142 valence electrons. The van der Waals surface area contributed by atoms with Gasteiger partial charge in [-0.05, 0) is 18.2 Å². The number of carboxylic acid groups (broad SMARTS) is 1. The third kappa shape index (κ3) is 4.27. The molecule has 0 saturated carbocycles. The number of ether oxygens (including phenoxy) is 3. The number of carbonyl (C=O) groups is 1. The van der Waals surface area contributed by atoms with Gasteiger partial charge in [0.05, 0.1) is 32.0 Å². The molecule has 2 rings (SSSR count). The lowest BCUT2D eigenvalue weighted by atomic mass is 9.99. The maximum atomic E-state index is 12.6. The molecule has 1 atom stereocenters. The fourth-order valence-electron chi connectivity index (χ4n) is 2.73. The van der Waals surface area contributed by atoms with Gasteiger partial charge in [0.2, 0.25) is 0 Å². The smallest absolute Gasteiger partial charge is 0.326 e. The van der Waals surface area contributed by atoms with Gasteiger partial charge in [-0.15, -0.1) is 0 Å². The van der Waals surface area contributed by atoms with Crippen molar-refractivity contribution in [3.05, 3.63) is 46.4 Å². The highest BCUT2D eigenvalue weighted by molar-refractivity contribution is 5.77. The summed E-state index contributed by atoms with van der Waals surface area (Å²) >= 11 is 0. The van der Waals surface area contributed by atoms with Gasteiger partial charge in [0, 0.05) is 37.3 Å². The van der Waals surface area contributed by atoms with Crippen molar-refractivity contribution in [1.29, 1.82) is 5.26 Å². The van der Waals surface area contributed by atoms with Crippen molar-refractivity contribution in [3.8, 4) is 28.7 Å². The number of nitrogens with zero attached hydrogens (tertiary/aromatic N) is 2. The van der Waals surface area contributed by atoms with Crippen LogP contribution in [0.25, 0.3) is 11.1 Å². The van der Waals surface area contributed by atoms with Crippen LogP contribution >= 0.6 is 0 Å². The predicted molar refractivity (Wildman–Crippen MR) is 97.1 cm³/mol. The predicted octanol–water partition coefficient (Wildman–Crippen LogP) is 2.07. The molecular formula is C19H20N2O6. The number of nitriles is 1. The Bertz CT molecular complexity index is 929. The summed E-state index contributed by atoms with van der Waals surface area (Å²) in [5.74, 6) is -0.371. The first kappa shape index (κ1) is 20.0. The molecule has 0 radical (unpaired) electrons.